The number of para-hydroxylation sites is 1. The maximum absolute atomic E-state index is 12.3. The first-order valence-electron chi connectivity index (χ1n) is 7.11. The molecule has 0 unspecified atom stereocenters. The van der Waals surface area contributed by atoms with Crippen molar-refractivity contribution < 1.29 is 9.21 Å². The molecule has 0 aliphatic rings. The molecular formula is C15H12N6O2S. The minimum atomic E-state index is -0.386. The number of anilines is 1. The summed E-state index contributed by atoms with van der Waals surface area (Å²) in [6.07, 6.45) is 0. The molecule has 0 spiro atoms. The summed E-state index contributed by atoms with van der Waals surface area (Å²) in [7, 11) is 1.82. The van der Waals surface area contributed by atoms with Crippen molar-refractivity contribution in [2.24, 2.45) is 7.05 Å². The Kier molecular flexibility index (Phi) is 3.35. The lowest BCUT2D eigenvalue weighted by atomic mass is 10.3. The highest BCUT2D eigenvalue weighted by Crippen LogP contribution is 2.23. The second-order valence-corrected chi connectivity index (χ2v) is 6.18. The zero-order chi connectivity index (χ0) is 16.7. The number of carbonyl (C=O) groups is 1. The van der Waals surface area contributed by atoms with E-state index >= 15 is 0 Å². The van der Waals surface area contributed by atoms with Crippen molar-refractivity contribution in [1.82, 2.24) is 25.0 Å². The van der Waals surface area contributed by atoms with Crippen LogP contribution in [0.4, 0.5) is 6.01 Å². The van der Waals surface area contributed by atoms with Crippen LogP contribution in [-0.4, -0.2) is 30.9 Å². The molecule has 0 aliphatic carbocycles. The molecule has 0 fully saturated rings. The Bertz CT molecular complexity index is 995. The summed E-state index contributed by atoms with van der Waals surface area (Å²) >= 11 is 1.30. The predicted molar refractivity (Wildman–Crippen MR) is 88.8 cm³/mol. The summed E-state index contributed by atoms with van der Waals surface area (Å²) in [5.41, 5.74) is 2.30. The largest absolute Gasteiger partial charge is 0.401 e. The van der Waals surface area contributed by atoms with Crippen molar-refractivity contribution in [2.45, 2.75) is 6.92 Å². The van der Waals surface area contributed by atoms with Gasteiger partial charge in [-0.05, 0) is 25.1 Å². The third kappa shape index (κ3) is 2.54. The average molecular weight is 340 g/mol. The van der Waals surface area contributed by atoms with Gasteiger partial charge in [0.25, 0.3) is 11.8 Å². The van der Waals surface area contributed by atoms with E-state index in [1.807, 2.05) is 44.3 Å². The molecule has 0 saturated carbocycles. The van der Waals surface area contributed by atoms with Crippen LogP contribution in [0.1, 0.15) is 15.5 Å². The Morgan fingerprint density at radius 1 is 1.29 bits per heavy atom. The van der Waals surface area contributed by atoms with E-state index in [0.29, 0.717) is 10.7 Å². The van der Waals surface area contributed by atoms with Gasteiger partial charge in [-0.3, -0.25) is 14.8 Å². The minimum absolute atomic E-state index is 0.0116. The Balaban J connectivity index is 1.56. The molecule has 8 nitrogen and oxygen atoms in total. The van der Waals surface area contributed by atoms with Gasteiger partial charge in [0.15, 0.2) is 5.01 Å². The van der Waals surface area contributed by atoms with Crippen molar-refractivity contribution in [3.05, 3.63) is 41.0 Å². The molecule has 0 radical (unpaired) electrons. The number of benzene rings is 1. The molecule has 4 rings (SSSR count). The number of hydrogen-bond donors (Lipinski definition) is 1. The summed E-state index contributed by atoms with van der Waals surface area (Å²) in [6.45, 7) is 1.92. The van der Waals surface area contributed by atoms with Crippen molar-refractivity contribution in [1.29, 1.82) is 0 Å². The molecule has 0 bridgehead atoms. The molecule has 0 saturated heterocycles. The van der Waals surface area contributed by atoms with E-state index in [9.17, 15) is 4.79 Å². The SMILES string of the molecule is Cc1cc(-c2nnc(NC(=O)c3nc4ccccc4s3)o2)nn1C. The summed E-state index contributed by atoms with van der Waals surface area (Å²) in [6, 6.07) is 9.39. The third-order valence-corrected chi connectivity index (χ3v) is 4.50. The molecule has 0 atom stereocenters. The molecular weight excluding hydrogens is 328 g/mol. The summed E-state index contributed by atoms with van der Waals surface area (Å²) in [5.74, 6) is -0.137. The quantitative estimate of drug-likeness (QED) is 0.615. The number of nitrogens with one attached hydrogen (secondary N) is 1. The van der Waals surface area contributed by atoms with Crippen LogP contribution in [0.3, 0.4) is 0 Å². The number of aromatic nitrogens is 5. The number of carbonyl (C=O) groups excluding carboxylic acids is 1. The first-order valence-corrected chi connectivity index (χ1v) is 7.93. The normalized spacial score (nSPS) is 11.1. The van der Waals surface area contributed by atoms with Gasteiger partial charge in [-0.25, -0.2) is 4.98 Å². The van der Waals surface area contributed by atoms with Gasteiger partial charge in [-0.15, -0.1) is 16.4 Å². The Labute approximate surface area is 140 Å². The molecule has 3 heterocycles. The fraction of sp³-hybridized carbons (Fsp3) is 0.133. The van der Waals surface area contributed by atoms with E-state index in [1.165, 1.54) is 11.3 Å². The standard InChI is InChI=1S/C15H12N6O2S/c1-8-7-10(20-21(8)2)13-18-19-15(23-13)17-12(22)14-16-9-5-3-4-6-11(9)24-14/h3-7H,1-2H3,(H,17,19,22). The molecule has 3 aromatic heterocycles. The highest BCUT2D eigenvalue weighted by Gasteiger charge is 2.17. The first-order chi connectivity index (χ1) is 11.6. The summed E-state index contributed by atoms with van der Waals surface area (Å²) in [4.78, 5) is 16.6. The van der Waals surface area contributed by atoms with Gasteiger partial charge >= 0.3 is 6.01 Å². The van der Waals surface area contributed by atoms with Crippen molar-refractivity contribution in [2.75, 3.05) is 5.32 Å². The van der Waals surface area contributed by atoms with Crippen molar-refractivity contribution in [3.8, 4) is 11.6 Å². The lowest BCUT2D eigenvalue weighted by Crippen LogP contribution is -2.11. The number of hydrogen-bond acceptors (Lipinski definition) is 7. The topological polar surface area (TPSA) is 98.7 Å². The molecule has 1 amide bonds. The van der Waals surface area contributed by atoms with Gasteiger partial charge in [-0.1, -0.05) is 17.2 Å². The number of amides is 1. The zero-order valence-corrected chi connectivity index (χ0v) is 13.7. The maximum Gasteiger partial charge on any atom is 0.322 e. The number of thiazole rings is 1. The number of fused-ring (bicyclic) bond motifs is 1. The van der Waals surface area contributed by atoms with E-state index in [4.69, 9.17) is 4.42 Å². The van der Waals surface area contributed by atoms with Gasteiger partial charge in [0, 0.05) is 12.7 Å². The monoisotopic (exact) mass is 340 g/mol. The van der Waals surface area contributed by atoms with E-state index in [-0.39, 0.29) is 17.8 Å². The molecule has 1 N–H and O–H groups in total. The van der Waals surface area contributed by atoms with E-state index in [0.717, 1.165) is 15.9 Å². The Hall–Kier alpha value is -3.07. The van der Waals surface area contributed by atoms with Crippen LogP contribution >= 0.6 is 11.3 Å². The second-order valence-electron chi connectivity index (χ2n) is 5.15. The number of aryl methyl sites for hydroxylation is 2. The molecule has 0 aliphatic heterocycles. The fourth-order valence-electron chi connectivity index (χ4n) is 2.16. The number of rotatable bonds is 3. The van der Waals surface area contributed by atoms with E-state index in [2.05, 4.69) is 25.6 Å². The van der Waals surface area contributed by atoms with Gasteiger partial charge < -0.3 is 4.42 Å². The molecule has 24 heavy (non-hydrogen) atoms. The van der Waals surface area contributed by atoms with Gasteiger partial charge in [0.2, 0.25) is 0 Å². The Morgan fingerprint density at radius 2 is 2.12 bits per heavy atom. The zero-order valence-electron chi connectivity index (χ0n) is 12.8. The lowest BCUT2D eigenvalue weighted by Gasteiger charge is -1.94. The van der Waals surface area contributed by atoms with Crippen LogP contribution < -0.4 is 5.32 Å². The van der Waals surface area contributed by atoms with Gasteiger partial charge in [0.05, 0.1) is 10.2 Å². The van der Waals surface area contributed by atoms with E-state index < -0.39 is 0 Å². The molecule has 120 valence electrons. The molecule has 1 aromatic carbocycles. The highest BCUT2D eigenvalue weighted by molar-refractivity contribution is 7.20. The van der Waals surface area contributed by atoms with Crippen LogP contribution in [0.25, 0.3) is 21.8 Å². The Morgan fingerprint density at radius 3 is 2.88 bits per heavy atom. The molecule has 4 aromatic rings. The number of nitrogens with zero attached hydrogens (tertiary/aromatic N) is 5. The second kappa shape index (κ2) is 5.53. The van der Waals surface area contributed by atoms with Crippen LogP contribution in [0, 0.1) is 6.92 Å². The van der Waals surface area contributed by atoms with Crippen molar-refractivity contribution in [3.63, 3.8) is 0 Å². The highest BCUT2D eigenvalue weighted by atomic mass is 32.1. The van der Waals surface area contributed by atoms with Crippen LogP contribution in [-0.2, 0) is 7.05 Å². The van der Waals surface area contributed by atoms with Crippen LogP contribution in [0.15, 0.2) is 34.7 Å². The average Bonchev–Trinajstić information content (AvgIpc) is 3.26. The van der Waals surface area contributed by atoms with Gasteiger partial charge in [-0.2, -0.15) is 5.10 Å². The smallest absolute Gasteiger partial charge is 0.322 e. The van der Waals surface area contributed by atoms with E-state index in [1.54, 1.807) is 4.68 Å². The predicted octanol–water partition coefficient (Wildman–Crippen LogP) is 2.64. The van der Waals surface area contributed by atoms with Crippen LogP contribution in [0.2, 0.25) is 0 Å². The van der Waals surface area contributed by atoms with Crippen LogP contribution in [0.5, 0.6) is 0 Å². The molecule has 9 heteroatoms. The summed E-state index contributed by atoms with van der Waals surface area (Å²) < 4.78 is 8.10. The minimum Gasteiger partial charge on any atom is -0.401 e. The lowest BCUT2D eigenvalue weighted by molar-refractivity contribution is 0.102. The summed E-state index contributed by atoms with van der Waals surface area (Å²) in [5, 5.41) is 14.9. The van der Waals surface area contributed by atoms with Crippen molar-refractivity contribution >= 4 is 33.5 Å². The first kappa shape index (κ1) is 14.5. The third-order valence-electron chi connectivity index (χ3n) is 3.47. The maximum atomic E-state index is 12.3. The van der Waals surface area contributed by atoms with Gasteiger partial charge in [0.1, 0.15) is 5.69 Å². The fourth-order valence-corrected chi connectivity index (χ4v) is 3.02.